The van der Waals surface area contributed by atoms with Crippen molar-refractivity contribution in [1.82, 2.24) is 0 Å². The average Bonchev–Trinajstić information content (AvgIpc) is 3.30. The van der Waals surface area contributed by atoms with Crippen molar-refractivity contribution < 1.29 is 32.5 Å². The standard InChI is InChI=1S/C31H40N2O6P2/c1-9-32-26-18-16-22(40(34,35)38-7)20-24(26)30(3,4)28(32)14-12-11-13-15-29-31(5,6)25-21-23(41(36,37)39-8)17-19-27(25)33(29)10-2/h11-21H,9-10H2,1-8H3,(H-,34,35,36,37)/p+1. The summed E-state index contributed by atoms with van der Waals surface area (Å²) in [7, 11) is -5.22. The van der Waals surface area contributed by atoms with E-state index >= 15 is 0 Å². The van der Waals surface area contributed by atoms with Gasteiger partial charge in [-0.3, -0.25) is 9.13 Å². The van der Waals surface area contributed by atoms with Crippen molar-refractivity contribution in [2.75, 3.05) is 32.2 Å². The Morgan fingerprint density at radius 3 is 2.00 bits per heavy atom. The molecular formula is C31H41N2O6P2+. The second-order valence-corrected chi connectivity index (χ2v) is 15.1. The smallest absolute Gasteiger partial charge is 0.344 e. The number of fused-ring (bicyclic) bond motifs is 2. The molecular weight excluding hydrogens is 558 g/mol. The maximum absolute atomic E-state index is 12.5. The zero-order valence-electron chi connectivity index (χ0n) is 25.1. The van der Waals surface area contributed by atoms with E-state index in [0.29, 0.717) is 0 Å². The first-order valence-corrected chi connectivity index (χ1v) is 16.9. The van der Waals surface area contributed by atoms with Crippen LogP contribution in [0.25, 0.3) is 0 Å². The fraction of sp³-hybridized carbons (Fsp3) is 0.387. The summed E-state index contributed by atoms with van der Waals surface area (Å²) in [6, 6.07) is 10.7. The van der Waals surface area contributed by atoms with Crippen LogP contribution in [0, 0.1) is 0 Å². The van der Waals surface area contributed by atoms with Crippen molar-refractivity contribution in [2.45, 2.75) is 52.4 Å². The van der Waals surface area contributed by atoms with Crippen molar-refractivity contribution in [3.63, 3.8) is 0 Å². The molecule has 2 aromatic rings. The van der Waals surface area contributed by atoms with Crippen LogP contribution in [0.2, 0.25) is 0 Å². The molecule has 2 heterocycles. The highest BCUT2D eigenvalue weighted by Crippen LogP contribution is 2.50. The first-order chi connectivity index (χ1) is 19.2. The van der Waals surface area contributed by atoms with Crippen LogP contribution in [0.1, 0.15) is 52.7 Å². The van der Waals surface area contributed by atoms with Gasteiger partial charge in [0.2, 0.25) is 5.69 Å². The first-order valence-electron chi connectivity index (χ1n) is 13.7. The third-order valence-electron chi connectivity index (χ3n) is 8.26. The van der Waals surface area contributed by atoms with Crippen LogP contribution in [0.5, 0.6) is 0 Å². The summed E-state index contributed by atoms with van der Waals surface area (Å²) >= 11 is 0. The molecule has 2 atom stereocenters. The predicted octanol–water partition coefficient (Wildman–Crippen LogP) is 5.81. The molecule has 0 radical (unpaired) electrons. The van der Waals surface area contributed by atoms with Crippen molar-refractivity contribution >= 4 is 42.9 Å². The monoisotopic (exact) mass is 599 g/mol. The molecule has 8 nitrogen and oxygen atoms in total. The molecule has 2 unspecified atom stereocenters. The highest BCUT2D eigenvalue weighted by Gasteiger charge is 2.45. The molecule has 0 amide bonds. The van der Waals surface area contributed by atoms with Gasteiger partial charge in [0, 0.05) is 55.3 Å². The summed E-state index contributed by atoms with van der Waals surface area (Å²) in [5, 5.41) is 0.577. The summed E-state index contributed by atoms with van der Waals surface area (Å²) in [6.45, 7) is 14.2. The second-order valence-electron chi connectivity index (χ2n) is 11.2. The lowest BCUT2D eigenvalue weighted by molar-refractivity contribution is -0.433. The average molecular weight is 600 g/mol. The minimum absolute atomic E-state index is 0.288. The predicted molar refractivity (Wildman–Crippen MR) is 167 cm³/mol. The Labute approximate surface area is 243 Å². The van der Waals surface area contributed by atoms with Crippen LogP contribution in [-0.2, 0) is 29.0 Å². The largest absolute Gasteiger partial charge is 0.358 e. The fourth-order valence-electron chi connectivity index (χ4n) is 5.93. The van der Waals surface area contributed by atoms with Gasteiger partial charge in [0.25, 0.3) is 0 Å². The molecule has 0 saturated heterocycles. The van der Waals surface area contributed by atoms with E-state index in [1.807, 2.05) is 30.4 Å². The Morgan fingerprint density at radius 2 is 1.44 bits per heavy atom. The van der Waals surface area contributed by atoms with Gasteiger partial charge >= 0.3 is 15.2 Å². The normalized spacial score (nSPS) is 21.5. The van der Waals surface area contributed by atoms with Crippen LogP contribution in [0.4, 0.5) is 11.4 Å². The molecule has 0 spiro atoms. The third kappa shape index (κ3) is 5.38. The molecule has 2 aliphatic rings. The van der Waals surface area contributed by atoms with E-state index in [2.05, 4.69) is 63.2 Å². The SMILES string of the molecule is CCN1/C(=C/C=C/C=C/C2=[N+](CC)c3ccc(P(=O)(O)OC)cc3C2(C)C)C(C)(C)c2cc(P(=O)(O)OC)ccc21. The lowest BCUT2D eigenvalue weighted by Gasteiger charge is -2.25. The van der Waals surface area contributed by atoms with Crippen LogP contribution in [0.3, 0.4) is 0 Å². The van der Waals surface area contributed by atoms with Gasteiger partial charge in [0.15, 0.2) is 5.71 Å². The molecule has 2 aliphatic heterocycles. The maximum atomic E-state index is 12.5. The van der Waals surface area contributed by atoms with Gasteiger partial charge in [-0.05, 0) is 69.7 Å². The Morgan fingerprint density at radius 1 is 0.854 bits per heavy atom. The molecule has 0 bridgehead atoms. The number of nitrogens with zero attached hydrogens (tertiary/aromatic N) is 2. The Hall–Kier alpha value is -2.57. The first kappa shape index (κ1) is 31.4. The second kappa shape index (κ2) is 11.3. The van der Waals surface area contributed by atoms with Crippen LogP contribution in [-0.4, -0.2) is 47.4 Å². The highest BCUT2D eigenvalue weighted by molar-refractivity contribution is 7.61. The van der Waals surface area contributed by atoms with Crippen molar-refractivity contribution in [3.8, 4) is 0 Å². The van der Waals surface area contributed by atoms with Crippen LogP contribution < -0.4 is 15.5 Å². The third-order valence-corrected chi connectivity index (χ3v) is 11.1. The lowest BCUT2D eigenvalue weighted by Crippen LogP contribution is -2.28. The number of allylic oxidation sites excluding steroid dienone is 6. The molecule has 4 rings (SSSR count). The number of likely N-dealkylation sites (N-methyl/N-ethyl adjacent to an activating group) is 1. The van der Waals surface area contributed by atoms with E-state index in [-0.39, 0.29) is 21.4 Å². The van der Waals surface area contributed by atoms with Crippen molar-refractivity contribution in [1.29, 1.82) is 0 Å². The number of rotatable bonds is 9. The summed E-state index contributed by atoms with van der Waals surface area (Å²) in [6.07, 6.45) is 10.2. The number of hydrogen-bond acceptors (Lipinski definition) is 5. The number of hydrogen-bond donors (Lipinski definition) is 2. The zero-order chi connectivity index (χ0) is 30.4. The van der Waals surface area contributed by atoms with Gasteiger partial charge in [-0.1, -0.05) is 32.1 Å². The number of anilines is 1. The van der Waals surface area contributed by atoms with Gasteiger partial charge in [0.1, 0.15) is 6.54 Å². The van der Waals surface area contributed by atoms with Crippen LogP contribution in [0.15, 0.2) is 72.5 Å². The molecule has 10 heteroatoms. The van der Waals surface area contributed by atoms with Gasteiger partial charge in [0.05, 0.1) is 16.0 Å². The van der Waals surface area contributed by atoms with Crippen LogP contribution >= 0.6 is 15.2 Å². The zero-order valence-corrected chi connectivity index (χ0v) is 26.9. The summed E-state index contributed by atoms with van der Waals surface area (Å²) in [5.74, 6) is 0. The molecule has 2 N–H and O–H groups in total. The molecule has 0 fully saturated rings. The molecule has 220 valence electrons. The van der Waals surface area contributed by atoms with Crippen molar-refractivity contribution in [3.05, 3.63) is 83.6 Å². The molecule has 0 aliphatic carbocycles. The topological polar surface area (TPSA) is 99.3 Å². The lowest BCUT2D eigenvalue weighted by atomic mass is 9.81. The molecule has 41 heavy (non-hydrogen) atoms. The van der Waals surface area contributed by atoms with Gasteiger partial charge in [-0.25, -0.2) is 0 Å². The van der Waals surface area contributed by atoms with E-state index in [0.717, 1.165) is 47.0 Å². The summed E-state index contributed by atoms with van der Waals surface area (Å²) in [4.78, 5) is 22.7. The van der Waals surface area contributed by atoms with E-state index in [1.54, 1.807) is 24.3 Å². The highest BCUT2D eigenvalue weighted by atomic mass is 31.2. The summed E-state index contributed by atoms with van der Waals surface area (Å²) in [5.41, 5.74) is 5.45. The quantitative estimate of drug-likeness (QED) is 0.213. The number of benzene rings is 2. The van der Waals surface area contributed by atoms with Gasteiger partial charge in [-0.2, -0.15) is 4.58 Å². The maximum Gasteiger partial charge on any atom is 0.358 e. The van der Waals surface area contributed by atoms with E-state index in [9.17, 15) is 18.9 Å². The van der Waals surface area contributed by atoms with E-state index in [1.165, 1.54) is 14.2 Å². The Kier molecular flexibility index (Phi) is 8.61. The molecule has 2 aromatic carbocycles. The minimum atomic E-state index is -3.86. The van der Waals surface area contributed by atoms with E-state index < -0.39 is 15.2 Å². The Balaban J connectivity index is 1.63. The fourth-order valence-corrected chi connectivity index (χ4v) is 7.46. The van der Waals surface area contributed by atoms with E-state index in [4.69, 9.17) is 9.05 Å². The molecule has 0 aromatic heterocycles. The van der Waals surface area contributed by atoms with Gasteiger partial charge in [-0.15, -0.1) is 0 Å². The van der Waals surface area contributed by atoms with Gasteiger partial charge < -0.3 is 23.7 Å². The minimum Gasteiger partial charge on any atom is -0.344 e. The summed E-state index contributed by atoms with van der Waals surface area (Å²) < 4.78 is 36.9. The molecule has 0 saturated carbocycles. The van der Waals surface area contributed by atoms with Crippen molar-refractivity contribution in [2.24, 2.45) is 0 Å². The Bertz CT molecular complexity index is 1580.